The second kappa shape index (κ2) is 9.18. The van der Waals surface area contributed by atoms with Gasteiger partial charge in [-0.1, -0.05) is 6.92 Å². The zero-order valence-corrected chi connectivity index (χ0v) is 16.8. The minimum absolute atomic E-state index is 0. The van der Waals surface area contributed by atoms with Gasteiger partial charge in [0.15, 0.2) is 9.84 Å². The fourth-order valence-corrected chi connectivity index (χ4v) is 4.56. The lowest BCUT2D eigenvalue weighted by Gasteiger charge is -2.31. The van der Waals surface area contributed by atoms with Crippen molar-refractivity contribution in [3.63, 3.8) is 0 Å². The first-order chi connectivity index (χ1) is 11.2. The number of nitrogens with one attached hydrogen (secondary N) is 1. The number of hydrogen-bond donors (Lipinski definition) is 1. The molecule has 1 N–H and O–H groups in total. The smallest absolute Gasteiger partial charge is 0.243 e. The molecule has 10 heteroatoms. The van der Waals surface area contributed by atoms with Gasteiger partial charge in [-0.2, -0.15) is 4.31 Å². The zero-order valence-electron chi connectivity index (χ0n) is 14.3. The Kier molecular flexibility index (Phi) is 8.14. The van der Waals surface area contributed by atoms with Gasteiger partial charge in [-0.15, -0.1) is 12.4 Å². The Morgan fingerprint density at radius 1 is 1.20 bits per heavy atom. The van der Waals surface area contributed by atoms with Crippen LogP contribution in [-0.2, 0) is 19.9 Å². The molecule has 7 nitrogen and oxygen atoms in total. The van der Waals surface area contributed by atoms with Crippen LogP contribution >= 0.6 is 12.4 Å². The van der Waals surface area contributed by atoms with E-state index in [1.165, 1.54) is 16.4 Å². The second-order valence-corrected chi connectivity index (χ2v) is 10.2. The van der Waals surface area contributed by atoms with Crippen LogP contribution in [0.5, 0.6) is 5.75 Å². The Hall–Kier alpha value is -0.870. The third-order valence-corrected chi connectivity index (χ3v) is 7.44. The Labute approximate surface area is 156 Å². The van der Waals surface area contributed by atoms with Crippen LogP contribution in [0.3, 0.4) is 0 Å². The molecule has 1 saturated heterocycles. The Morgan fingerprint density at radius 2 is 1.84 bits per heavy atom. The van der Waals surface area contributed by atoms with Crippen molar-refractivity contribution in [1.29, 1.82) is 0 Å². The molecule has 25 heavy (non-hydrogen) atoms. The van der Waals surface area contributed by atoms with E-state index in [9.17, 15) is 16.8 Å². The number of ether oxygens (including phenoxy) is 1. The van der Waals surface area contributed by atoms with Crippen molar-refractivity contribution >= 4 is 32.3 Å². The first kappa shape index (κ1) is 22.2. The minimum Gasteiger partial charge on any atom is -0.493 e. The summed E-state index contributed by atoms with van der Waals surface area (Å²) in [5.74, 6) is 0.479. The van der Waals surface area contributed by atoms with Crippen molar-refractivity contribution in [2.24, 2.45) is 0 Å². The maximum Gasteiger partial charge on any atom is 0.243 e. The first-order valence-electron chi connectivity index (χ1n) is 7.91. The molecular formula is C15H25ClN2O5S2. The SMILES string of the molecule is CCS(=O)(=O)CCOc1ccc(S(=O)(=O)N2CCNC(C)C2)cc1.Cl. The fourth-order valence-electron chi connectivity index (χ4n) is 2.40. The van der Waals surface area contributed by atoms with Crippen LogP contribution in [0.2, 0.25) is 0 Å². The Morgan fingerprint density at radius 3 is 2.40 bits per heavy atom. The molecule has 2 rings (SSSR count). The Bertz CT molecular complexity index is 751. The molecule has 1 heterocycles. The van der Waals surface area contributed by atoms with E-state index in [-0.39, 0.29) is 41.5 Å². The maximum absolute atomic E-state index is 12.6. The van der Waals surface area contributed by atoms with Gasteiger partial charge in [-0.05, 0) is 31.2 Å². The first-order valence-corrected chi connectivity index (χ1v) is 11.2. The molecule has 0 radical (unpaired) electrons. The highest BCUT2D eigenvalue weighted by Gasteiger charge is 2.28. The summed E-state index contributed by atoms with van der Waals surface area (Å²) in [6.45, 7) is 5.11. The molecule has 1 aromatic carbocycles. The van der Waals surface area contributed by atoms with Gasteiger partial charge in [0.1, 0.15) is 12.4 Å². The molecule has 0 spiro atoms. The van der Waals surface area contributed by atoms with Crippen LogP contribution in [0.1, 0.15) is 13.8 Å². The number of halogens is 1. The maximum atomic E-state index is 12.6. The lowest BCUT2D eigenvalue weighted by Crippen LogP contribution is -2.51. The van der Waals surface area contributed by atoms with Crippen molar-refractivity contribution in [3.8, 4) is 5.75 Å². The highest BCUT2D eigenvalue weighted by molar-refractivity contribution is 7.91. The van der Waals surface area contributed by atoms with Crippen LogP contribution in [0.15, 0.2) is 29.2 Å². The van der Waals surface area contributed by atoms with E-state index in [0.717, 1.165) is 0 Å². The average molecular weight is 413 g/mol. The summed E-state index contributed by atoms with van der Waals surface area (Å²) in [7, 11) is -6.59. The van der Waals surface area contributed by atoms with Gasteiger partial charge in [0, 0.05) is 31.4 Å². The number of sulfonamides is 1. The molecule has 1 unspecified atom stereocenters. The molecule has 1 aromatic rings. The van der Waals surface area contributed by atoms with Crippen LogP contribution in [0.4, 0.5) is 0 Å². The van der Waals surface area contributed by atoms with Gasteiger partial charge in [0.2, 0.25) is 10.0 Å². The van der Waals surface area contributed by atoms with Gasteiger partial charge >= 0.3 is 0 Å². The molecule has 0 amide bonds. The molecular weight excluding hydrogens is 388 g/mol. The lowest BCUT2D eigenvalue weighted by molar-refractivity contribution is 0.310. The standard InChI is InChI=1S/C15H24N2O5S2.ClH/c1-3-23(18,19)11-10-22-14-4-6-15(7-5-14)24(20,21)17-9-8-16-13(2)12-17;/h4-7,13,16H,3,8-12H2,1-2H3;1H. The third kappa shape index (κ3) is 6.10. The van der Waals surface area contributed by atoms with Crippen molar-refractivity contribution in [2.75, 3.05) is 37.7 Å². The summed E-state index contributed by atoms with van der Waals surface area (Å²) in [5, 5.41) is 3.21. The molecule has 0 bridgehead atoms. The number of sulfone groups is 1. The van der Waals surface area contributed by atoms with Crippen LogP contribution in [0.25, 0.3) is 0 Å². The molecule has 0 saturated carbocycles. The van der Waals surface area contributed by atoms with E-state index in [2.05, 4.69) is 5.32 Å². The summed E-state index contributed by atoms with van der Waals surface area (Å²) >= 11 is 0. The molecule has 1 fully saturated rings. The number of rotatable bonds is 7. The number of hydrogen-bond acceptors (Lipinski definition) is 6. The molecule has 0 aromatic heterocycles. The Balaban J connectivity index is 0.00000312. The van der Waals surface area contributed by atoms with Crippen LogP contribution in [0, 0.1) is 0 Å². The molecule has 1 atom stereocenters. The fraction of sp³-hybridized carbons (Fsp3) is 0.600. The highest BCUT2D eigenvalue weighted by Crippen LogP contribution is 2.20. The third-order valence-electron chi connectivity index (χ3n) is 3.90. The number of nitrogens with zero attached hydrogens (tertiary/aromatic N) is 1. The quantitative estimate of drug-likeness (QED) is 0.715. The van der Waals surface area contributed by atoms with E-state index in [4.69, 9.17) is 4.74 Å². The van der Waals surface area contributed by atoms with Crippen molar-refractivity contribution in [1.82, 2.24) is 9.62 Å². The predicted molar refractivity (Wildman–Crippen MR) is 99.7 cm³/mol. The summed E-state index contributed by atoms with van der Waals surface area (Å²) in [5.41, 5.74) is 0. The van der Waals surface area contributed by atoms with E-state index >= 15 is 0 Å². The van der Waals surface area contributed by atoms with Gasteiger partial charge in [-0.3, -0.25) is 0 Å². The summed E-state index contributed by atoms with van der Waals surface area (Å²) in [4.78, 5) is 0.213. The van der Waals surface area contributed by atoms with Crippen molar-refractivity contribution in [3.05, 3.63) is 24.3 Å². The summed E-state index contributed by atoms with van der Waals surface area (Å²) in [6.07, 6.45) is 0. The van der Waals surface area contributed by atoms with Crippen molar-refractivity contribution in [2.45, 2.75) is 24.8 Å². The summed E-state index contributed by atoms with van der Waals surface area (Å²) < 4.78 is 54.9. The molecule has 1 aliphatic rings. The van der Waals surface area contributed by atoms with Gasteiger partial charge < -0.3 is 10.1 Å². The van der Waals surface area contributed by atoms with Crippen molar-refractivity contribution < 1.29 is 21.6 Å². The van der Waals surface area contributed by atoms with Gasteiger partial charge in [0.25, 0.3) is 0 Å². The number of piperazine rings is 1. The van der Waals surface area contributed by atoms with Crippen LogP contribution in [-0.4, -0.2) is 64.9 Å². The average Bonchev–Trinajstić information content (AvgIpc) is 2.55. The second-order valence-electron chi connectivity index (χ2n) is 5.77. The van der Waals surface area contributed by atoms with E-state index < -0.39 is 19.9 Å². The predicted octanol–water partition coefficient (Wildman–Crippen LogP) is 0.904. The topological polar surface area (TPSA) is 92.8 Å². The van der Waals surface area contributed by atoms with E-state index in [1.54, 1.807) is 19.1 Å². The normalized spacial score (nSPS) is 19.2. The monoisotopic (exact) mass is 412 g/mol. The van der Waals surface area contributed by atoms with Gasteiger partial charge in [0.05, 0.1) is 10.6 Å². The molecule has 0 aliphatic carbocycles. The minimum atomic E-state index is -3.52. The van der Waals surface area contributed by atoms with E-state index in [0.29, 0.717) is 25.4 Å². The van der Waals surface area contributed by atoms with Crippen LogP contribution < -0.4 is 10.1 Å². The summed E-state index contributed by atoms with van der Waals surface area (Å²) in [6, 6.07) is 6.21. The largest absolute Gasteiger partial charge is 0.493 e. The molecule has 144 valence electrons. The molecule has 1 aliphatic heterocycles. The zero-order chi connectivity index (χ0) is 17.8. The van der Waals surface area contributed by atoms with E-state index in [1.807, 2.05) is 6.92 Å². The highest BCUT2D eigenvalue weighted by atomic mass is 35.5. The van der Waals surface area contributed by atoms with Gasteiger partial charge in [-0.25, -0.2) is 16.8 Å². The number of benzene rings is 1. The lowest BCUT2D eigenvalue weighted by atomic mass is 10.3.